The molecule has 1 heterocycles. The van der Waals surface area contributed by atoms with Crippen LogP contribution in [0.4, 0.5) is 0 Å². The molecule has 4 rings (SSSR count). The summed E-state index contributed by atoms with van der Waals surface area (Å²) >= 11 is 0. The SMILES string of the molecule is CN(Cc1cnn(-c2ccccc2)c1)C(=O)CCC(=O)c1ccc(-c2ccccc2)cc1. The van der Waals surface area contributed by atoms with E-state index in [0.717, 1.165) is 22.4 Å². The first-order valence-electron chi connectivity index (χ1n) is 10.6. The molecule has 160 valence electrons. The number of nitrogens with zero attached hydrogens (tertiary/aromatic N) is 3. The molecule has 0 saturated carbocycles. The second-order valence-electron chi connectivity index (χ2n) is 7.75. The van der Waals surface area contributed by atoms with Crippen LogP contribution >= 0.6 is 0 Å². The highest BCUT2D eigenvalue weighted by Crippen LogP contribution is 2.20. The summed E-state index contributed by atoms with van der Waals surface area (Å²) in [7, 11) is 1.75. The Balaban J connectivity index is 1.29. The van der Waals surface area contributed by atoms with Crippen LogP contribution in [0, 0.1) is 0 Å². The van der Waals surface area contributed by atoms with Crippen LogP contribution in [0.1, 0.15) is 28.8 Å². The van der Waals surface area contributed by atoms with Crippen LogP contribution in [0.15, 0.2) is 97.3 Å². The molecule has 0 radical (unpaired) electrons. The first kappa shape index (κ1) is 21.2. The van der Waals surface area contributed by atoms with Gasteiger partial charge in [0.1, 0.15) is 0 Å². The number of ketones is 1. The van der Waals surface area contributed by atoms with Crippen LogP contribution < -0.4 is 0 Å². The van der Waals surface area contributed by atoms with Crippen molar-refractivity contribution in [2.45, 2.75) is 19.4 Å². The maximum atomic E-state index is 12.6. The smallest absolute Gasteiger partial charge is 0.223 e. The predicted octanol–water partition coefficient (Wildman–Crippen LogP) is 5.16. The van der Waals surface area contributed by atoms with Gasteiger partial charge in [0.2, 0.25) is 5.91 Å². The fourth-order valence-electron chi connectivity index (χ4n) is 3.56. The van der Waals surface area contributed by atoms with E-state index in [4.69, 9.17) is 0 Å². The molecular formula is C27H25N3O2. The van der Waals surface area contributed by atoms with Gasteiger partial charge in [-0.05, 0) is 23.3 Å². The number of benzene rings is 3. The van der Waals surface area contributed by atoms with Crippen molar-refractivity contribution >= 4 is 11.7 Å². The first-order chi connectivity index (χ1) is 15.6. The molecule has 3 aromatic carbocycles. The molecule has 0 spiro atoms. The van der Waals surface area contributed by atoms with E-state index >= 15 is 0 Å². The van der Waals surface area contributed by atoms with E-state index in [0.29, 0.717) is 12.1 Å². The van der Waals surface area contributed by atoms with Crippen molar-refractivity contribution in [1.82, 2.24) is 14.7 Å². The van der Waals surface area contributed by atoms with Gasteiger partial charge < -0.3 is 4.90 Å². The van der Waals surface area contributed by atoms with Gasteiger partial charge in [-0.15, -0.1) is 0 Å². The molecule has 0 saturated heterocycles. The minimum atomic E-state index is -0.0632. The molecule has 32 heavy (non-hydrogen) atoms. The van der Waals surface area contributed by atoms with E-state index in [9.17, 15) is 9.59 Å². The number of para-hydroxylation sites is 1. The Morgan fingerprint density at radius 2 is 1.44 bits per heavy atom. The van der Waals surface area contributed by atoms with Gasteiger partial charge in [-0.3, -0.25) is 9.59 Å². The molecule has 0 fully saturated rings. The van der Waals surface area contributed by atoms with Crippen LogP contribution in [-0.4, -0.2) is 33.4 Å². The van der Waals surface area contributed by atoms with E-state index in [2.05, 4.69) is 5.10 Å². The molecule has 0 N–H and O–H groups in total. The van der Waals surface area contributed by atoms with Crippen molar-refractivity contribution in [2.24, 2.45) is 0 Å². The van der Waals surface area contributed by atoms with Gasteiger partial charge in [-0.2, -0.15) is 5.10 Å². The number of rotatable bonds is 8. The Labute approximate surface area is 187 Å². The molecule has 5 heteroatoms. The molecule has 5 nitrogen and oxygen atoms in total. The van der Waals surface area contributed by atoms with E-state index in [1.807, 2.05) is 91.1 Å². The van der Waals surface area contributed by atoms with E-state index in [1.54, 1.807) is 22.8 Å². The van der Waals surface area contributed by atoms with Crippen LogP contribution in [0.5, 0.6) is 0 Å². The number of hydrogen-bond acceptors (Lipinski definition) is 3. The zero-order valence-corrected chi connectivity index (χ0v) is 18.0. The second kappa shape index (κ2) is 9.88. The third-order valence-corrected chi connectivity index (χ3v) is 5.38. The average molecular weight is 424 g/mol. The summed E-state index contributed by atoms with van der Waals surface area (Å²) in [4.78, 5) is 26.7. The van der Waals surface area contributed by atoms with Crippen LogP contribution in [0.25, 0.3) is 16.8 Å². The number of carbonyl (C=O) groups excluding carboxylic acids is 2. The van der Waals surface area contributed by atoms with Gasteiger partial charge in [-0.1, -0.05) is 72.8 Å². The number of Topliss-reactive ketones (excluding diaryl/α,β-unsaturated/α-hetero) is 1. The highest BCUT2D eigenvalue weighted by atomic mass is 16.2. The zero-order valence-electron chi connectivity index (χ0n) is 18.0. The summed E-state index contributed by atoms with van der Waals surface area (Å²) in [5.74, 6) is -0.0880. The standard InChI is InChI=1S/C27H25N3O2/c1-29(19-21-18-28-30(20-21)25-10-6-3-7-11-25)27(32)17-16-26(31)24-14-12-23(13-15-24)22-8-4-2-5-9-22/h2-15,18,20H,16-17,19H2,1H3. The molecule has 0 bridgehead atoms. The monoisotopic (exact) mass is 423 g/mol. The normalized spacial score (nSPS) is 10.7. The molecule has 1 amide bonds. The second-order valence-corrected chi connectivity index (χ2v) is 7.75. The molecule has 1 aromatic heterocycles. The summed E-state index contributed by atoms with van der Waals surface area (Å²) in [6, 6.07) is 27.4. The maximum absolute atomic E-state index is 12.6. The predicted molar refractivity (Wildman–Crippen MR) is 125 cm³/mol. The third kappa shape index (κ3) is 5.19. The molecule has 0 aliphatic heterocycles. The average Bonchev–Trinajstić information content (AvgIpc) is 3.32. The van der Waals surface area contributed by atoms with E-state index < -0.39 is 0 Å². The van der Waals surface area contributed by atoms with Crippen LogP contribution in [-0.2, 0) is 11.3 Å². The molecule has 4 aromatic rings. The van der Waals surface area contributed by atoms with Gasteiger partial charge in [0.05, 0.1) is 11.9 Å². The Kier molecular flexibility index (Phi) is 6.56. The van der Waals surface area contributed by atoms with Crippen molar-refractivity contribution in [2.75, 3.05) is 7.05 Å². The van der Waals surface area contributed by atoms with Gasteiger partial charge in [0.25, 0.3) is 0 Å². The lowest BCUT2D eigenvalue weighted by Gasteiger charge is -2.16. The summed E-state index contributed by atoms with van der Waals surface area (Å²) in [6.45, 7) is 0.450. The largest absolute Gasteiger partial charge is 0.341 e. The van der Waals surface area contributed by atoms with Crippen LogP contribution in [0.2, 0.25) is 0 Å². The summed E-state index contributed by atoms with van der Waals surface area (Å²) in [5.41, 5.74) is 4.71. The fraction of sp³-hybridized carbons (Fsp3) is 0.148. The van der Waals surface area contributed by atoms with Gasteiger partial charge in [0.15, 0.2) is 5.78 Å². The van der Waals surface area contributed by atoms with Crippen molar-refractivity contribution < 1.29 is 9.59 Å². The van der Waals surface area contributed by atoms with Crippen molar-refractivity contribution in [3.63, 3.8) is 0 Å². The van der Waals surface area contributed by atoms with Gasteiger partial charge in [0, 0.05) is 43.8 Å². The lowest BCUT2D eigenvalue weighted by molar-refractivity contribution is -0.130. The fourth-order valence-corrected chi connectivity index (χ4v) is 3.56. The summed E-state index contributed by atoms with van der Waals surface area (Å²) in [5, 5.41) is 4.37. The maximum Gasteiger partial charge on any atom is 0.223 e. The summed E-state index contributed by atoms with van der Waals surface area (Å²) in [6.07, 6.45) is 4.05. The Hall–Kier alpha value is -3.99. The molecule has 0 unspecified atom stereocenters. The quantitative estimate of drug-likeness (QED) is 0.368. The lowest BCUT2D eigenvalue weighted by Crippen LogP contribution is -2.26. The summed E-state index contributed by atoms with van der Waals surface area (Å²) < 4.78 is 1.79. The number of carbonyl (C=O) groups is 2. The number of amides is 1. The minimum Gasteiger partial charge on any atom is -0.341 e. The zero-order chi connectivity index (χ0) is 22.3. The molecule has 0 aliphatic rings. The lowest BCUT2D eigenvalue weighted by atomic mass is 10.0. The van der Waals surface area contributed by atoms with Gasteiger partial charge >= 0.3 is 0 Å². The van der Waals surface area contributed by atoms with Crippen molar-refractivity contribution in [3.8, 4) is 16.8 Å². The van der Waals surface area contributed by atoms with Crippen molar-refractivity contribution in [1.29, 1.82) is 0 Å². The molecule has 0 aliphatic carbocycles. The Morgan fingerprint density at radius 1 is 0.812 bits per heavy atom. The first-order valence-corrected chi connectivity index (χ1v) is 10.6. The Bertz CT molecular complexity index is 1180. The van der Waals surface area contributed by atoms with E-state index in [-0.39, 0.29) is 24.5 Å². The van der Waals surface area contributed by atoms with Crippen molar-refractivity contribution in [3.05, 3.63) is 108 Å². The topological polar surface area (TPSA) is 55.2 Å². The third-order valence-electron chi connectivity index (χ3n) is 5.38. The minimum absolute atomic E-state index is 0.0248. The number of hydrogen-bond donors (Lipinski definition) is 0. The molecule has 0 atom stereocenters. The molecular weight excluding hydrogens is 398 g/mol. The Morgan fingerprint density at radius 3 is 2.12 bits per heavy atom. The highest BCUT2D eigenvalue weighted by molar-refractivity contribution is 5.98. The highest BCUT2D eigenvalue weighted by Gasteiger charge is 2.14. The number of aromatic nitrogens is 2. The van der Waals surface area contributed by atoms with Gasteiger partial charge in [-0.25, -0.2) is 4.68 Å². The van der Waals surface area contributed by atoms with Crippen LogP contribution in [0.3, 0.4) is 0 Å². The van der Waals surface area contributed by atoms with E-state index in [1.165, 1.54) is 0 Å².